The van der Waals surface area contributed by atoms with Crippen LogP contribution in [0.25, 0.3) is 0 Å². The van der Waals surface area contributed by atoms with E-state index in [0.29, 0.717) is 55.4 Å². The summed E-state index contributed by atoms with van der Waals surface area (Å²) in [5.74, 6) is 0.227. The molecular formula is C25H33NO5. The number of carboxylic acid groups (broad SMARTS) is 1. The van der Waals surface area contributed by atoms with Gasteiger partial charge in [0.25, 0.3) is 0 Å². The number of Topliss-reactive ketones (excluding diaryl/α,β-unsaturated/α-hetero) is 1. The van der Waals surface area contributed by atoms with E-state index in [1.54, 1.807) is 0 Å². The summed E-state index contributed by atoms with van der Waals surface area (Å²) < 4.78 is 11.4. The van der Waals surface area contributed by atoms with Gasteiger partial charge in [-0.25, -0.2) is 0 Å². The Labute approximate surface area is 184 Å². The number of fused-ring (bicyclic) bond motifs is 1. The highest BCUT2D eigenvalue weighted by Gasteiger charge is 2.35. The molecule has 1 aromatic carbocycles. The lowest BCUT2D eigenvalue weighted by molar-refractivity contribution is -0.137. The molecule has 0 bridgehead atoms. The summed E-state index contributed by atoms with van der Waals surface area (Å²) in [5.41, 5.74) is 2.18. The fourth-order valence-corrected chi connectivity index (χ4v) is 4.27. The van der Waals surface area contributed by atoms with Crippen LogP contribution in [0.3, 0.4) is 0 Å². The summed E-state index contributed by atoms with van der Waals surface area (Å²) in [4.78, 5) is 24.2. The SMILES string of the molecule is CC(C)CCC1CCC(=O)c2c(C(CCCOCc3ccccc3)CC(=O)O)noc21. The fourth-order valence-electron chi connectivity index (χ4n) is 4.27. The van der Waals surface area contributed by atoms with Crippen LogP contribution in [-0.4, -0.2) is 28.6 Å². The van der Waals surface area contributed by atoms with Crippen molar-refractivity contribution >= 4 is 11.8 Å². The monoisotopic (exact) mass is 427 g/mol. The van der Waals surface area contributed by atoms with Gasteiger partial charge in [0, 0.05) is 24.9 Å². The first-order valence-corrected chi connectivity index (χ1v) is 11.3. The van der Waals surface area contributed by atoms with Crippen molar-refractivity contribution in [3.63, 3.8) is 0 Å². The highest BCUT2D eigenvalue weighted by atomic mass is 16.5. The average Bonchev–Trinajstić information content (AvgIpc) is 3.19. The van der Waals surface area contributed by atoms with E-state index >= 15 is 0 Å². The van der Waals surface area contributed by atoms with Crippen LogP contribution in [0, 0.1) is 5.92 Å². The second-order valence-corrected chi connectivity index (χ2v) is 8.91. The molecule has 1 heterocycles. The average molecular weight is 428 g/mol. The number of hydrogen-bond donors (Lipinski definition) is 1. The van der Waals surface area contributed by atoms with E-state index in [-0.39, 0.29) is 24.0 Å². The Hall–Kier alpha value is -2.47. The van der Waals surface area contributed by atoms with Crippen LogP contribution in [0.5, 0.6) is 0 Å². The van der Waals surface area contributed by atoms with Gasteiger partial charge in [0.15, 0.2) is 11.5 Å². The largest absolute Gasteiger partial charge is 0.481 e. The minimum atomic E-state index is -0.897. The number of nitrogens with zero attached hydrogens (tertiary/aromatic N) is 1. The summed E-state index contributed by atoms with van der Waals surface area (Å²) in [6.45, 7) is 5.42. The van der Waals surface area contributed by atoms with Crippen molar-refractivity contribution in [1.82, 2.24) is 5.16 Å². The van der Waals surface area contributed by atoms with Crippen molar-refractivity contribution in [2.24, 2.45) is 5.92 Å². The highest BCUT2D eigenvalue weighted by Crippen LogP contribution is 2.40. The Bertz CT molecular complexity index is 858. The molecule has 0 saturated carbocycles. The van der Waals surface area contributed by atoms with Crippen molar-refractivity contribution in [3.05, 3.63) is 52.9 Å². The van der Waals surface area contributed by atoms with E-state index in [9.17, 15) is 14.7 Å². The number of hydrogen-bond acceptors (Lipinski definition) is 5. The zero-order valence-corrected chi connectivity index (χ0v) is 18.5. The first kappa shape index (κ1) is 23.2. The third-order valence-corrected chi connectivity index (χ3v) is 5.97. The molecule has 1 aromatic heterocycles. The van der Waals surface area contributed by atoms with E-state index in [4.69, 9.17) is 9.26 Å². The number of carbonyl (C=O) groups excluding carboxylic acids is 1. The first-order valence-electron chi connectivity index (χ1n) is 11.3. The number of rotatable bonds is 12. The van der Waals surface area contributed by atoms with E-state index in [1.165, 1.54) is 0 Å². The summed E-state index contributed by atoms with van der Waals surface area (Å²) in [6, 6.07) is 9.93. The molecule has 0 aliphatic heterocycles. The van der Waals surface area contributed by atoms with Crippen molar-refractivity contribution in [1.29, 1.82) is 0 Å². The third kappa shape index (κ3) is 6.50. The van der Waals surface area contributed by atoms with Crippen LogP contribution >= 0.6 is 0 Å². The molecule has 6 nitrogen and oxygen atoms in total. The third-order valence-electron chi connectivity index (χ3n) is 5.97. The van der Waals surface area contributed by atoms with Crippen LogP contribution in [-0.2, 0) is 16.1 Å². The lowest BCUT2D eigenvalue weighted by Gasteiger charge is -2.21. The molecule has 3 rings (SSSR count). The molecule has 2 aromatic rings. The standard InChI is InChI=1S/C25H33NO5/c1-17(2)10-11-19-12-13-21(27)23-24(26-31-25(19)23)20(15-22(28)29)9-6-14-30-16-18-7-4-3-5-8-18/h3-5,7-8,17,19-20H,6,9-16H2,1-2H3,(H,28,29). The van der Waals surface area contributed by atoms with Gasteiger partial charge >= 0.3 is 5.97 Å². The molecule has 0 amide bonds. The van der Waals surface area contributed by atoms with Crippen molar-refractivity contribution < 1.29 is 24.0 Å². The summed E-state index contributed by atoms with van der Waals surface area (Å²) >= 11 is 0. The van der Waals surface area contributed by atoms with E-state index < -0.39 is 5.97 Å². The quantitative estimate of drug-likeness (QED) is 0.435. The first-order chi connectivity index (χ1) is 15.0. The lowest BCUT2D eigenvalue weighted by atomic mass is 9.80. The zero-order valence-electron chi connectivity index (χ0n) is 18.5. The van der Waals surface area contributed by atoms with Crippen molar-refractivity contribution in [2.45, 2.75) is 77.2 Å². The Balaban J connectivity index is 1.65. The molecule has 2 unspecified atom stereocenters. The van der Waals surface area contributed by atoms with Gasteiger partial charge < -0.3 is 14.4 Å². The topological polar surface area (TPSA) is 89.6 Å². The molecular weight excluding hydrogens is 394 g/mol. The second kappa shape index (κ2) is 11.2. The highest BCUT2D eigenvalue weighted by molar-refractivity contribution is 5.99. The fraction of sp³-hybridized carbons (Fsp3) is 0.560. The zero-order chi connectivity index (χ0) is 22.2. The Morgan fingerprint density at radius 1 is 1.26 bits per heavy atom. The summed E-state index contributed by atoms with van der Waals surface area (Å²) in [7, 11) is 0. The van der Waals surface area contributed by atoms with Crippen LogP contribution < -0.4 is 0 Å². The van der Waals surface area contributed by atoms with Gasteiger partial charge in [-0.05, 0) is 37.2 Å². The second-order valence-electron chi connectivity index (χ2n) is 8.91. The normalized spacial score (nSPS) is 17.0. The Morgan fingerprint density at radius 2 is 2.03 bits per heavy atom. The molecule has 0 radical (unpaired) electrons. The summed E-state index contributed by atoms with van der Waals surface area (Å²) in [5, 5.41) is 13.7. The minimum Gasteiger partial charge on any atom is -0.481 e. The molecule has 6 heteroatoms. The van der Waals surface area contributed by atoms with Gasteiger partial charge in [0.2, 0.25) is 0 Å². The van der Waals surface area contributed by atoms with Crippen LogP contribution in [0.1, 0.15) is 98.0 Å². The number of aliphatic carboxylic acids is 1. The van der Waals surface area contributed by atoms with Crippen LogP contribution in [0.4, 0.5) is 0 Å². The number of ether oxygens (including phenoxy) is 1. The molecule has 31 heavy (non-hydrogen) atoms. The molecule has 1 aliphatic rings. The predicted octanol–water partition coefficient (Wildman–Crippen LogP) is 5.73. The van der Waals surface area contributed by atoms with Gasteiger partial charge in [-0.2, -0.15) is 0 Å². The minimum absolute atomic E-state index is 0.0303. The maximum Gasteiger partial charge on any atom is 0.304 e. The maximum absolute atomic E-state index is 12.7. The number of aromatic nitrogens is 1. The maximum atomic E-state index is 12.7. The predicted molar refractivity (Wildman–Crippen MR) is 117 cm³/mol. The molecule has 1 aliphatic carbocycles. The van der Waals surface area contributed by atoms with E-state index in [0.717, 1.165) is 24.8 Å². The molecule has 0 spiro atoms. The number of benzene rings is 1. The van der Waals surface area contributed by atoms with Gasteiger partial charge in [0.05, 0.1) is 24.3 Å². The lowest BCUT2D eigenvalue weighted by Crippen LogP contribution is -2.18. The van der Waals surface area contributed by atoms with Crippen LogP contribution in [0.2, 0.25) is 0 Å². The van der Waals surface area contributed by atoms with Gasteiger partial charge in [-0.1, -0.05) is 55.8 Å². The Morgan fingerprint density at radius 3 is 2.74 bits per heavy atom. The molecule has 0 fully saturated rings. The van der Waals surface area contributed by atoms with Gasteiger partial charge in [-0.3, -0.25) is 9.59 Å². The smallest absolute Gasteiger partial charge is 0.304 e. The van der Waals surface area contributed by atoms with Gasteiger partial charge in [-0.15, -0.1) is 0 Å². The van der Waals surface area contributed by atoms with E-state index in [1.807, 2.05) is 30.3 Å². The molecule has 0 saturated heterocycles. The Kier molecular flexibility index (Phi) is 8.41. The number of carbonyl (C=O) groups is 2. The van der Waals surface area contributed by atoms with Crippen molar-refractivity contribution in [2.75, 3.05) is 6.61 Å². The van der Waals surface area contributed by atoms with Crippen molar-refractivity contribution in [3.8, 4) is 0 Å². The van der Waals surface area contributed by atoms with E-state index in [2.05, 4.69) is 19.0 Å². The van der Waals surface area contributed by atoms with Gasteiger partial charge in [0.1, 0.15) is 0 Å². The van der Waals surface area contributed by atoms with Crippen LogP contribution in [0.15, 0.2) is 34.9 Å². The summed E-state index contributed by atoms with van der Waals surface area (Å²) in [6.07, 6.45) is 4.49. The molecule has 1 N–H and O–H groups in total. The molecule has 2 atom stereocenters. The number of carboxylic acids is 1. The number of ketones is 1. The molecule has 168 valence electrons.